The van der Waals surface area contributed by atoms with Crippen molar-refractivity contribution in [1.29, 1.82) is 5.26 Å². The zero-order valence-electron chi connectivity index (χ0n) is 9.99. The minimum absolute atomic E-state index is 0.692. The first-order valence-electron chi connectivity index (χ1n) is 5.46. The van der Waals surface area contributed by atoms with E-state index in [1.165, 1.54) is 0 Å². The van der Waals surface area contributed by atoms with Crippen LogP contribution in [0.2, 0.25) is 0 Å². The summed E-state index contributed by atoms with van der Waals surface area (Å²) in [6.07, 6.45) is 3.54. The number of nitrogens with one attached hydrogen (secondary N) is 2. The van der Waals surface area contributed by atoms with Gasteiger partial charge in [0.15, 0.2) is 0 Å². The summed E-state index contributed by atoms with van der Waals surface area (Å²) < 4.78 is 1.91. The van der Waals surface area contributed by atoms with E-state index in [9.17, 15) is 0 Å². The van der Waals surface area contributed by atoms with Crippen molar-refractivity contribution < 1.29 is 0 Å². The number of aromatic amines is 1. The van der Waals surface area contributed by atoms with Gasteiger partial charge >= 0.3 is 0 Å². The fraction of sp³-hybridized carbons (Fsp3) is 0.333. The normalized spacial score (nSPS) is 10.4. The van der Waals surface area contributed by atoms with Crippen LogP contribution in [0.4, 0.5) is 0 Å². The highest BCUT2D eigenvalue weighted by molar-refractivity contribution is 5.34. The van der Waals surface area contributed by atoms with E-state index in [0.29, 0.717) is 12.2 Å². The monoisotopic (exact) mass is 229 g/mol. The van der Waals surface area contributed by atoms with E-state index in [1.54, 1.807) is 12.4 Å². The number of hydrogen-bond donors (Lipinski definition) is 2. The Labute approximate surface area is 100 Å². The predicted molar refractivity (Wildman–Crippen MR) is 64.0 cm³/mol. The number of rotatable bonds is 4. The Balaban J connectivity index is 1.98. The van der Waals surface area contributed by atoms with Crippen molar-refractivity contribution in [1.82, 2.24) is 19.9 Å². The van der Waals surface area contributed by atoms with Crippen LogP contribution in [0.15, 0.2) is 18.5 Å². The van der Waals surface area contributed by atoms with E-state index in [2.05, 4.69) is 21.4 Å². The molecule has 0 amide bonds. The minimum atomic E-state index is 0.692. The molecule has 0 radical (unpaired) electrons. The number of nitriles is 1. The highest BCUT2D eigenvalue weighted by atomic mass is 15.0. The van der Waals surface area contributed by atoms with Crippen LogP contribution in [-0.4, -0.2) is 14.5 Å². The number of aromatic nitrogens is 3. The van der Waals surface area contributed by atoms with Crippen molar-refractivity contribution in [2.75, 3.05) is 0 Å². The molecule has 2 N–H and O–H groups in total. The smallest absolute Gasteiger partial charge is 0.120 e. The minimum Gasteiger partial charge on any atom is -0.348 e. The van der Waals surface area contributed by atoms with Gasteiger partial charge in [-0.3, -0.25) is 0 Å². The topological polar surface area (TPSA) is 69.4 Å². The zero-order chi connectivity index (χ0) is 12.3. The maximum absolute atomic E-state index is 8.93. The molecule has 0 atom stereocenters. The lowest BCUT2D eigenvalue weighted by Gasteiger charge is -2.03. The van der Waals surface area contributed by atoms with Gasteiger partial charge in [-0.25, -0.2) is 4.98 Å². The van der Waals surface area contributed by atoms with Crippen LogP contribution in [0.25, 0.3) is 0 Å². The Morgan fingerprint density at radius 1 is 1.53 bits per heavy atom. The van der Waals surface area contributed by atoms with Gasteiger partial charge in [-0.2, -0.15) is 5.26 Å². The molecule has 2 rings (SSSR count). The highest BCUT2D eigenvalue weighted by Gasteiger charge is 2.07. The van der Waals surface area contributed by atoms with Gasteiger partial charge in [0.05, 0.1) is 6.54 Å². The first kappa shape index (κ1) is 11.4. The predicted octanol–water partition coefficient (Wildman–Crippen LogP) is 1.22. The number of imidazole rings is 1. The molecule has 88 valence electrons. The molecule has 5 nitrogen and oxygen atoms in total. The molecule has 0 unspecified atom stereocenters. The Morgan fingerprint density at radius 3 is 2.94 bits per heavy atom. The molecule has 0 fully saturated rings. The van der Waals surface area contributed by atoms with E-state index in [0.717, 1.165) is 23.6 Å². The van der Waals surface area contributed by atoms with Crippen LogP contribution in [0, 0.1) is 18.3 Å². The van der Waals surface area contributed by atoms with E-state index in [4.69, 9.17) is 5.26 Å². The Kier molecular flexibility index (Phi) is 3.26. The molecule has 17 heavy (non-hydrogen) atoms. The molecule has 0 saturated carbocycles. The lowest BCUT2D eigenvalue weighted by Crippen LogP contribution is -2.14. The fourth-order valence-electron chi connectivity index (χ4n) is 1.76. The summed E-state index contributed by atoms with van der Waals surface area (Å²) in [7, 11) is 1.91. The molecular formula is C12H15N5. The lowest BCUT2D eigenvalue weighted by atomic mass is 10.2. The van der Waals surface area contributed by atoms with E-state index in [-0.39, 0.29) is 0 Å². The molecule has 0 aliphatic heterocycles. The molecule has 0 saturated heterocycles. The molecule has 0 bridgehead atoms. The van der Waals surface area contributed by atoms with Gasteiger partial charge in [-0.1, -0.05) is 0 Å². The summed E-state index contributed by atoms with van der Waals surface area (Å²) in [5.74, 6) is 0.916. The molecule has 0 aliphatic rings. The summed E-state index contributed by atoms with van der Waals surface area (Å²) in [4.78, 5) is 7.17. The fourth-order valence-corrected chi connectivity index (χ4v) is 1.76. The van der Waals surface area contributed by atoms with Gasteiger partial charge in [0.25, 0.3) is 0 Å². The molecule has 2 aromatic heterocycles. The van der Waals surface area contributed by atoms with E-state index in [1.807, 2.05) is 24.6 Å². The largest absolute Gasteiger partial charge is 0.348 e. The van der Waals surface area contributed by atoms with Crippen LogP contribution in [0.3, 0.4) is 0 Å². The first-order chi connectivity index (χ1) is 8.22. The molecule has 0 aliphatic carbocycles. The maximum atomic E-state index is 8.93. The third-order valence-electron chi connectivity index (χ3n) is 2.92. The Hall–Kier alpha value is -2.06. The maximum Gasteiger partial charge on any atom is 0.120 e. The standard InChI is InChI=1S/C12H15N5/c1-9-10(5-11(6-13)17(9)2)7-14-8-12-15-3-4-16-12/h3-5,14H,7-8H2,1-2H3,(H,15,16). The summed E-state index contributed by atoms with van der Waals surface area (Å²) in [6, 6.07) is 4.10. The van der Waals surface area contributed by atoms with Crippen molar-refractivity contribution in [3.05, 3.63) is 41.2 Å². The van der Waals surface area contributed by atoms with Gasteiger partial charge in [0, 0.05) is 31.7 Å². The number of H-pyrrole nitrogens is 1. The van der Waals surface area contributed by atoms with Crippen LogP contribution in [-0.2, 0) is 20.1 Å². The zero-order valence-corrected chi connectivity index (χ0v) is 9.99. The summed E-state index contributed by atoms with van der Waals surface area (Å²) >= 11 is 0. The highest BCUT2D eigenvalue weighted by Crippen LogP contribution is 2.12. The van der Waals surface area contributed by atoms with Gasteiger partial charge < -0.3 is 14.9 Å². The second-order valence-electron chi connectivity index (χ2n) is 3.95. The average molecular weight is 229 g/mol. The van der Waals surface area contributed by atoms with Gasteiger partial charge in [-0.05, 0) is 18.6 Å². The van der Waals surface area contributed by atoms with Crippen LogP contribution < -0.4 is 5.32 Å². The molecule has 2 heterocycles. The molecule has 0 aromatic carbocycles. The Bertz CT molecular complexity index is 530. The number of hydrogen-bond acceptors (Lipinski definition) is 3. The van der Waals surface area contributed by atoms with Crippen molar-refractivity contribution in [3.8, 4) is 6.07 Å². The quantitative estimate of drug-likeness (QED) is 0.828. The Morgan fingerprint density at radius 2 is 2.35 bits per heavy atom. The SMILES string of the molecule is Cc1c(CNCc2ncc[nH]2)cc(C#N)n1C. The second kappa shape index (κ2) is 4.85. The van der Waals surface area contributed by atoms with Crippen molar-refractivity contribution >= 4 is 0 Å². The van der Waals surface area contributed by atoms with Crippen LogP contribution >= 0.6 is 0 Å². The van der Waals surface area contributed by atoms with Crippen LogP contribution in [0.5, 0.6) is 0 Å². The van der Waals surface area contributed by atoms with Crippen molar-refractivity contribution in [2.24, 2.45) is 7.05 Å². The molecular weight excluding hydrogens is 214 g/mol. The molecule has 2 aromatic rings. The van der Waals surface area contributed by atoms with Crippen LogP contribution in [0.1, 0.15) is 22.8 Å². The summed E-state index contributed by atoms with van der Waals surface area (Å²) in [5, 5.41) is 12.2. The molecule has 5 heteroatoms. The van der Waals surface area contributed by atoms with Gasteiger partial charge in [0.1, 0.15) is 17.6 Å². The third kappa shape index (κ3) is 2.37. The second-order valence-corrected chi connectivity index (χ2v) is 3.95. The van der Waals surface area contributed by atoms with Crippen molar-refractivity contribution in [2.45, 2.75) is 20.0 Å². The lowest BCUT2D eigenvalue weighted by molar-refractivity contribution is 0.664. The van der Waals surface area contributed by atoms with E-state index >= 15 is 0 Å². The van der Waals surface area contributed by atoms with Gasteiger partial charge in [0.2, 0.25) is 0 Å². The summed E-state index contributed by atoms with van der Waals surface area (Å²) in [6.45, 7) is 3.45. The molecule has 0 spiro atoms. The number of nitrogens with zero attached hydrogens (tertiary/aromatic N) is 3. The first-order valence-corrected chi connectivity index (χ1v) is 5.46. The van der Waals surface area contributed by atoms with Crippen molar-refractivity contribution in [3.63, 3.8) is 0 Å². The summed E-state index contributed by atoms with van der Waals surface area (Å²) in [5.41, 5.74) is 2.96. The van der Waals surface area contributed by atoms with Gasteiger partial charge in [-0.15, -0.1) is 0 Å². The third-order valence-corrected chi connectivity index (χ3v) is 2.92. The van der Waals surface area contributed by atoms with E-state index < -0.39 is 0 Å². The average Bonchev–Trinajstić information content (AvgIpc) is 2.92.